The highest BCUT2D eigenvalue weighted by Gasteiger charge is 2.48. The van der Waals surface area contributed by atoms with Crippen molar-refractivity contribution < 1.29 is 59.2 Å². The predicted molar refractivity (Wildman–Crippen MR) is 139 cm³/mol. The number of phenols is 4. The van der Waals surface area contributed by atoms with E-state index in [0.717, 1.165) is 24.3 Å². The number of carbonyl (C=O) groups is 1. The molecule has 1 aromatic heterocycles. The molecule has 13 heteroatoms. The van der Waals surface area contributed by atoms with Crippen molar-refractivity contribution in [2.75, 3.05) is 6.61 Å². The van der Waals surface area contributed by atoms with Gasteiger partial charge in [0.25, 0.3) is 0 Å². The van der Waals surface area contributed by atoms with E-state index >= 15 is 0 Å². The molecule has 0 spiro atoms. The Kier molecular flexibility index (Phi) is 7.43. The van der Waals surface area contributed by atoms with Crippen LogP contribution in [0.25, 0.3) is 22.3 Å². The topological polar surface area (TPSA) is 217 Å². The van der Waals surface area contributed by atoms with E-state index in [2.05, 4.69) is 0 Å². The first kappa shape index (κ1) is 27.7. The van der Waals surface area contributed by atoms with Crippen molar-refractivity contribution in [2.24, 2.45) is 0 Å². The van der Waals surface area contributed by atoms with Crippen molar-refractivity contribution in [1.82, 2.24) is 0 Å². The highest BCUT2D eigenvalue weighted by Crippen LogP contribution is 2.39. The maximum atomic E-state index is 13.7. The Morgan fingerprint density at radius 3 is 2.29 bits per heavy atom. The van der Waals surface area contributed by atoms with Gasteiger partial charge in [-0.1, -0.05) is 18.2 Å². The van der Waals surface area contributed by atoms with Gasteiger partial charge in [0, 0.05) is 17.7 Å². The minimum Gasteiger partial charge on any atom is -0.508 e. The van der Waals surface area contributed by atoms with Gasteiger partial charge >= 0.3 is 5.97 Å². The molecule has 0 amide bonds. The van der Waals surface area contributed by atoms with E-state index < -0.39 is 82.8 Å². The van der Waals surface area contributed by atoms with Gasteiger partial charge in [-0.05, 0) is 30.3 Å². The number of phenolic OH excluding ortho intramolecular Hbond substituents is 4. The maximum Gasteiger partial charge on any atom is 0.338 e. The number of benzene rings is 3. The molecule has 1 saturated heterocycles. The molecule has 0 radical (unpaired) electrons. The Labute approximate surface area is 230 Å². The van der Waals surface area contributed by atoms with Crippen molar-refractivity contribution in [3.05, 3.63) is 76.5 Å². The second-order valence-electron chi connectivity index (χ2n) is 9.19. The molecule has 1 aliphatic rings. The summed E-state index contributed by atoms with van der Waals surface area (Å²) in [6.07, 6.45) is -8.56. The van der Waals surface area contributed by atoms with E-state index in [-0.39, 0.29) is 22.5 Å². The van der Waals surface area contributed by atoms with Gasteiger partial charge in [0.2, 0.25) is 17.5 Å². The molecule has 41 heavy (non-hydrogen) atoms. The summed E-state index contributed by atoms with van der Waals surface area (Å²) in [4.78, 5) is 26.5. The summed E-state index contributed by atoms with van der Waals surface area (Å²) in [5.41, 5.74) is -1.19. The smallest absolute Gasteiger partial charge is 0.338 e. The van der Waals surface area contributed by atoms with Crippen LogP contribution in [0.4, 0.5) is 0 Å². The molecule has 4 aromatic rings. The van der Waals surface area contributed by atoms with Gasteiger partial charge in [-0.25, -0.2) is 4.79 Å². The summed E-state index contributed by atoms with van der Waals surface area (Å²) in [6.45, 7) is -0.789. The van der Waals surface area contributed by atoms with Gasteiger partial charge in [-0.15, -0.1) is 0 Å². The molecule has 5 atom stereocenters. The van der Waals surface area contributed by atoms with Gasteiger partial charge in [-0.2, -0.15) is 0 Å². The molecule has 0 saturated carbocycles. The summed E-state index contributed by atoms with van der Waals surface area (Å²) in [5, 5.41) is 70.7. The third-order valence-corrected chi connectivity index (χ3v) is 6.47. The van der Waals surface area contributed by atoms with Crippen molar-refractivity contribution in [3.8, 4) is 40.1 Å². The maximum absolute atomic E-state index is 13.7. The quantitative estimate of drug-likeness (QED) is 0.129. The molecular formula is C28H24O13. The number of hydrogen-bond donors (Lipinski definition) is 7. The van der Waals surface area contributed by atoms with Crippen molar-refractivity contribution in [1.29, 1.82) is 0 Å². The van der Waals surface area contributed by atoms with Gasteiger partial charge in [0.15, 0.2) is 23.4 Å². The second kappa shape index (κ2) is 11.0. The minimum atomic E-state index is -1.85. The number of aliphatic hydroxyl groups is 3. The Balaban J connectivity index is 1.64. The van der Waals surface area contributed by atoms with Crippen LogP contribution in [0.15, 0.2) is 69.9 Å². The first-order chi connectivity index (χ1) is 19.6. The van der Waals surface area contributed by atoms with Crippen LogP contribution in [0.2, 0.25) is 0 Å². The number of fused-ring (bicyclic) bond motifs is 1. The first-order valence-corrected chi connectivity index (χ1v) is 12.2. The number of carbonyl (C=O) groups excluding carboxylic acids is 1. The monoisotopic (exact) mass is 568 g/mol. The lowest BCUT2D eigenvalue weighted by Crippen LogP contribution is -2.61. The normalized spacial score (nSPS) is 22.4. The van der Waals surface area contributed by atoms with Gasteiger partial charge in [-0.3, -0.25) is 4.79 Å². The number of aliphatic hydroxyl groups excluding tert-OH is 3. The average Bonchev–Trinajstić information content (AvgIpc) is 2.95. The minimum absolute atomic E-state index is 0.00920. The Morgan fingerprint density at radius 2 is 1.61 bits per heavy atom. The second-order valence-corrected chi connectivity index (χ2v) is 9.19. The van der Waals surface area contributed by atoms with Crippen LogP contribution >= 0.6 is 0 Å². The fraction of sp³-hybridized carbons (Fsp3) is 0.214. The molecule has 3 aromatic carbocycles. The fourth-order valence-electron chi connectivity index (χ4n) is 4.39. The van der Waals surface area contributed by atoms with Crippen molar-refractivity contribution >= 4 is 16.9 Å². The summed E-state index contributed by atoms with van der Waals surface area (Å²) in [5.74, 6) is -4.13. The molecule has 13 nitrogen and oxygen atoms in total. The molecule has 0 unspecified atom stereocenters. The van der Waals surface area contributed by atoms with E-state index in [1.54, 1.807) is 18.2 Å². The summed E-state index contributed by atoms with van der Waals surface area (Å²) in [7, 11) is 0. The lowest BCUT2D eigenvalue weighted by molar-refractivity contribution is -0.276. The van der Waals surface area contributed by atoms with E-state index in [0.29, 0.717) is 0 Å². The number of hydrogen-bond acceptors (Lipinski definition) is 13. The number of aromatic hydroxyl groups is 4. The zero-order chi connectivity index (χ0) is 29.4. The zero-order valence-electron chi connectivity index (χ0n) is 20.9. The van der Waals surface area contributed by atoms with Crippen LogP contribution in [-0.4, -0.2) is 79.0 Å². The van der Waals surface area contributed by atoms with Crippen LogP contribution in [0.1, 0.15) is 10.4 Å². The molecule has 1 aliphatic heterocycles. The van der Waals surface area contributed by atoms with E-state index in [9.17, 15) is 45.3 Å². The standard InChI is InChI=1S/C28H24O13/c29-11-19-21(34)23(36)26(40-27(37)12-4-2-1-3-5-12)28(39-19)41-25-22(35)20-17(33)9-14(30)10-18(20)38-24(25)13-6-7-15(31)16(32)8-13/h1-10,19,21,23,26,28-34,36H,11H2/t19-,21-,23+,26-,28+/m0/s1. The van der Waals surface area contributed by atoms with Crippen molar-refractivity contribution in [2.45, 2.75) is 30.7 Å². The van der Waals surface area contributed by atoms with Crippen LogP contribution in [0.3, 0.4) is 0 Å². The number of rotatable bonds is 6. The van der Waals surface area contributed by atoms with Crippen LogP contribution in [0.5, 0.6) is 28.7 Å². The molecule has 7 N–H and O–H groups in total. The van der Waals surface area contributed by atoms with E-state index in [1.807, 2.05) is 0 Å². The first-order valence-electron chi connectivity index (χ1n) is 12.2. The molecule has 1 fully saturated rings. The lowest BCUT2D eigenvalue weighted by atomic mass is 9.99. The number of ether oxygens (including phenoxy) is 3. The fourth-order valence-corrected chi connectivity index (χ4v) is 4.39. The Morgan fingerprint density at radius 1 is 0.878 bits per heavy atom. The summed E-state index contributed by atoms with van der Waals surface area (Å²) in [6, 6.07) is 13.0. The van der Waals surface area contributed by atoms with E-state index in [4.69, 9.17) is 18.6 Å². The van der Waals surface area contributed by atoms with Crippen LogP contribution < -0.4 is 10.2 Å². The van der Waals surface area contributed by atoms with Crippen LogP contribution in [0, 0.1) is 0 Å². The third kappa shape index (κ3) is 5.21. The van der Waals surface area contributed by atoms with E-state index in [1.165, 1.54) is 18.2 Å². The largest absolute Gasteiger partial charge is 0.508 e. The predicted octanol–water partition coefficient (Wildman–Crippen LogP) is 1.33. The Bertz CT molecular complexity index is 1650. The summed E-state index contributed by atoms with van der Waals surface area (Å²) < 4.78 is 22.6. The highest BCUT2D eigenvalue weighted by molar-refractivity contribution is 5.90. The molecule has 214 valence electrons. The van der Waals surface area contributed by atoms with Gasteiger partial charge in [0.1, 0.15) is 40.8 Å². The molecular weight excluding hydrogens is 544 g/mol. The molecule has 5 rings (SSSR count). The lowest BCUT2D eigenvalue weighted by Gasteiger charge is -2.41. The highest BCUT2D eigenvalue weighted by atomic mass is 16.7. The summed E-state index contributed by atoms with van der Waals surface area (Å²) >= 11 is 0. The van der Waals surface area contributed by atoms with Gasteiger partial charge < -0.3 is 54.4 Å². The zero-order valence-corrected chi connectivity index (χ0v) is 20.9. The van der Waals surface area contributed by atoms with Crippen molar-refractivity contribution in [3.63, 3.8) is 0 Å². The molecule has 0 bridgehead atoms. The molecule has 0 aliphatic carbocycles. The third-order valence-electron chi connectivity index (χ3n) is 6.47. The van der Waals surface area contributed by atoms with Gasteiger partial charge in [0.05, 0.1) is 12.2 Å². The van der Waals surface area contributed by atoms with Crippen LogP contribution in [-0.2, 0) is 9.47 Å². The average molecular weight is 568 g/mol. The molecule has 2 heterocycles. The SMILES string of the molecule is O=C(O[C@@H]1[C@@H](Oc2c(-c3ccc(O)c(O)c3)oc3cc(O)cc(O)c3c2=O)O[C@@H](CO)[C@H](O)[C@H]1O)c1ccccc1. The number of esters is 1. The Hall–Kier alpha value is -4.82.